The number of benzene rings is 1. The van der Waals surface area contributed by atoms with Crippen LogP contribution in [0, 0.1) is 13.8 Å². The number of hydrogen-bond acceptors (Lipinski definition) is 4. The molecule has 0 saturated heterocycles. The molecule has 0 aliphatic rings. The van der Waals surface area contributed by atoms with Gasteiger partial charge in [-0.2, -0.15) is 0 Å². The molecule has 0 saturated carbocycles. The molecule has 94 valence electrons. The Morgan fingerprint density at radius 3 is 2.50 bits per heavy atom. The van der Waals surface area contributed by atoms with E-state index in [1.807, 2.05) is 32.0 Å². The van der Waals surface area contributed by atoms with Gasteiger partial charge in [0.25, 0.3) is 0 Å². The third kappa shape index (κ3) is 3.37. The summed E-state index contributed by atoms with van der Waals surface area (Å²) in [4.78, 5) is 8.76. The van der Waals surface area contributed by atoms with Crippen molar-refractivity contribution < 1.29 is 0 Å². The number of aryl methyl sites for hydroxylation is 2. The smallest absolute Gasteiger partial charge is 0.188 e. The zero-order chi connectivity index (χ0) is 13.1. The summed E-state index contributed by atoms with van der Waals surface area (Å²) in [6, 6.07) is 7.45. The highest BCUT2D eigenvalue weighted by molar-refractivity contribution is 7.98. The summed E-state index contributed by atoms with van der Waals surface area (Å²) in [5.41, 5.74) is 9.61. The summed E-state index contributed by atoms with van der Waals surface area (Å²) in [7, 11) is 0. The Balaban J connectivity index is 2.13. The number of anilines is 1. The second kappa shape index (κ2) is 5.59. The van der Waals surface area contributed by atoms with E-state index >= 15 is 0 Å². The van der Waals surface area contributed by atoms with Gasteiger partial charge in [0.05, 0.1) is 0 Å². The first-order valence-electron chi connectivity index (χ1n) is 5.53. The van der Waals surface area contributed by atoms with Crippen molar-refractivity contribution in [2.45, 2.75) is 24.8 Å². The number of thioether (sulfide) groups is 1. The Morgan fingerprint density at radius 2 is 1.83 bits per heavy atom. The fraction of sp³-hybridized carbons (Fsp3) is 0.231. The van der Waals surface area contributed by atoms with E-state index in [9.17, 15) is 0 Å². The molecule has 5 heteroatoms. The van der Waals surface area contributed by atoms with Crippen molar-refractivity contribution in [1.29, 1.82) is 0 Å². The molecule has 3 nitrogen and oxygen atoms in total. The van der Waals surface area contributed by atoms with E-state index in [2.05, 4.69) is 9.97 Å². The van der Waals surface area contributed by atoms with Gasteiger partial charge in [0, 0.05) is 27.9 Å². The van der Waals surface area contributed by atoms with Crippen LogP contribution in [-0.2, 0) is 5.75 Å². The van der Waals surface area contributed by atoms with Crippen LogP contribution in [0.2, 0.25) is 5.02 Å². The lowest BCUT2D eigenvalue weighted by molar-refractivity contribution is 0.902. The SMILES string of the molecule is Cc1cc(C)nc(SCc2cc(Cl)ccc2N)n1. The maximum atomic E-state index is 5.95. The Bertz CT molecular complexity index is 552. The monoisotopic (exact) mass is 279 g/mol. The zero-order valence-corrected chi connectivity index (χ0v) is 11.8. The normalized spacial score (nSPS) is 10.6. The van der Waals surface area contributed by atoms with E-state index in [0.29, 0.717) is 5.02 Å². The van der Waals surface area contributed by atoms with Gasteiger partial charge in [-0.3, -0.25) is 0 Å². The van der Waals surface area contributed by atoms with Crippen LogP contribution in [0.5, 0.6) is 0 Å². The van der Waals surface area contributed by atoms with Gasteiger partial charge in [0.15, 0.2) is 5.16 Å². The van der Waals surface area contributed by atoms with E-state index in [1.165, 1.54) is 0 Å². The van der Waals surface area contributed by atoms with Crippen LogP contribution < -0.4 is 5.73 Å². The highest BCUT2D eigenvalue weighted by Gasteiger charge is 2.04. The molecule has 1 heterocycles. The number of nitrogen functional groups attached to an aromatic ring is 1. The fourth-order valence-corrected chi connectivity index (χ4v) is 2.75. The first-order chi connectivity index (χ1) is 8.54. The summed E-state index contributed by atoms with van der Waals surface area (Å²) in [6.07, 6.45) is 0. The molecule has 1 aromatic carbocycles. The Hall–Kier alpha value is -1.26. The molecule has 2 rings (SSSR count). The molecule has 18 heavy (non-hydrogen) atoms. The second-order valence-corrected chi connectivity index (χ2v) is 5.44. The van der Waals surface area contributed by atoms with E-state index in [-0.39, 0.29) is 0 Å². The van der Waals surface area contributed by atoms with Crippen LogP contribution >= 0.6 is 23.4 Å². The topological polar surface area (TPSA) is 51.8 Å². The minimum absolute atomic E-state index is 0.696. The van der Waals surface area contributed by atoms with Crippen molar-refractivity contribution in [3.63, 3.8) is 0 Å². The zero-order valence-electron chi connectivity index (χ0n) is 10.3. The molecule has 0 aliphatic heterocycles. The number of aromatic nitrogens is 2. The van der Waals surface area contributed by atoms with Gasteiger partial charge < -0.3 is 5.73 Å². The van der Waals surface area contributed by atoms with Gasteiger partial charge in [0.2, 0.25) is 0 Å². The third-order valence-electron chi connectivity index (χ3n) is 2.42. The van der Waals surface area contributed by atoms with E-state index in [4.69, 9.17) is 17.3 Å². The minimum atomic E-state index is 0.696. The largest absolute Gasteiger partial charge is 0.398 e. The van der Waals surface area contributed by atoms with Crippen LogP contribution in [0.4, 0.5) is 5.69 Å². The Labute approximate surface area is 116 Å². The van der Waals surface area contributed by atoms with Crippen LogP contribution in [0.15, 0.2) is 29.4 Å². The highest BCUT2D eigenvalue weighted by Crippen LogP contribution is 2.25. The number of nitrogens with two attached hydrogens (primary N) is 1. The maximum Gasteiger partial charge on any atom is 0.188 e. The standard InChI is InChI=1S/C13H14ClN3S/c1-8-5-9(2)17-13(16-8)18-7-10-6-11(14)3-4-12(10)15/h3-6H,7,15H2,1-2H3. The highest BCUT2D eigenvalue weighted by atomic mass is 35.5. The summed E-state index contributed by atoms with van der Waals surface area (Å²) in [6.45, 7) is 3.93. The lowest BCUT2D eigenvalue weighted by Crippen LogP contribution is -1.95. The van der Waals surface area contributed by atoms with Crippen molar-refractivity contribution in [3.8, 4) is 0 Å². The molecule has 0 radical (unpaired) electrons. The van der Waals surface area contributed by atoms with Gasteiger partial charge in [-0.05, 0) is 43.7 Å². The van der Waals surface area contributed by atoms with Gasteiger partial charge in [-0.25, -0.2) is 9.97 Å². The molecular weight excluding hydrogens is 266 g/mol. The van der Waals surface area contributed by atoms with E-state index in [0.717, 1.165) is 33.5 Å². The van der Waals surface area contributed by atoms with E-state index in [1.54, 1.807) is 17.8 Å². The summed E-state index contributed by atoms with van der Waals surface area (Å²) in [5, 5.41) is 1.47. The van der Waals surface area contributed by atoms with Crippen molar-refractivity contribution >= 4 is 29.1 Å². The predicted octanol–water partition coefficient (Wildman–Crippen LogP) is 3.62. The summed E-state index contributed by atoms with van der Waals surface area (Å²) < 4.78 is 0. The molecule has 0 amide bonds. The van der Waals surface area contributed by atoms with Crippen molar-refractivity contribution in [2.75, 3.05) is 5.73 Å². The van der Waals surface area contributed by atoms with Crippen LogP contribution in [0.1, 0.15) is 17.0 Å². The molecular formula is C13H14ClN3S. The van der Waals surface area contributed by atoms with Gasteiger partial charge in [0.1, 0.15) is 0 Å². The van der Waals surface area contributed by atoms with Crippen molar-refractivity contribution in [2.24, 2.45) is 0 Å². The first-order valence-corrected chi connectivity index (χ1v) is 6.90. The molecule has 0 aliphatic carbocycles. The van der Waals surface area contributed by atoms with Crippen LogP contribution in [0.25, 0.3) is 0 Å². The molecule has 1 aromatic heterocycles. The number of rotatable bonds is 3. The Morgan fingerprint density at radius 1 is 1.17 bits per heavy atom. The minimum Gasteiger partial charge on any atom is -0.398 e. The molecule has 0 bridgehead atoms. The van der Waals surface area contributed by atoms with Gasteiger partial charge >= 0.3 is 0 Å². The maximum absolute atomic E-state index is 5.95. The predicted molar refractivity (Wildman–Crippen MR) is 76.9 cm³/mol. The molecule has 0 spiro atoms. The number of nitrogens with zero attached hydrogens (tertiary/aromatic N) is 2. The van der Waals surface area contributed by atoms with E-state index < -0.39 is 0 Å². The molecule has 0 fully saturated rings. The third-order valence-corrected chi connectivity index (χ3v) is 3.55. The molecule has 2 aromatic rings. The first kappa shape index (κ1) is 13.2. The Kier molecular flexibility index (Phi) is 4.09. The number of hydrogen-bond donors (Lipinski definition) is 1. The lowest BCUT2D eigenvalue weighted by Gasteiger charge is -2.06. The molecule has 0 unspecified atom stereocenters. The van der Waals surface area contributed by atoms with Crippen LogP contribution in [0.3, 0.4) is 0 Å². The quantitative estimate of drug-likeness (QED) is 0.530. The van der Waals surface area contributed by atoms with Gasteiger partial charge in [-0.15, -0.1) is 0 Å². The second-order valence-electron chi connectivity index (χ2n) is 4.07. The molecule has 0 atom stereocenters. The van der Waals surface area contributed by atoms with Crippen LogP contribution in [-0.4, -0.2) is 9.97 Å². The average Bonchev–Trinajstić information content (AvgIpc) is 2.29. The van der Waals surface area contributed by atoms with Crippen molar-refractivity contribution in [1.82, 2.24) is 9.97 Å². The van der Waals surface area contributed by atoms with Crippen molar-refractivity contribution in [3.05, 3.63) is 46.2 Å². The lowest BCUT2D eigenvalue weighted by atomic mass is 10.2. The molecule has 2 N–H and O–H groups in total. The number of halogens is 1. The van der Waals surface area contributed by atoms with Gasteiger partial charge in [-0.1, -0.05) is 23.4 Å². The summed E-state index contributed by atoms with van der Waals surface area (Å²) in [5.74, 6) is 0.718. The fourth-order valence-electron chi connectivity index (χ4n) is 1.60. The average molecular weight is 280 g/mol. The summed E-state index contributed by atoms with van der Waals surface area (Å²) >= 11 is 7.52.